The Balaban J connectivity index is 1.70. The van der Waals surface area contributed by atoms with Crippen LogP contribution < -0.4 is 10.6 Å². The van der Waals surface area contributed by atoms with Crippen molar-refractivity contribution in [1.82, 2.24) is 10.6 Å². The first-order chi connectivity index (χ1) is 10.6. The molecule has 0 bridgehead atoms. The fourth-order valence-electron chi connectivity index (χ4n) is 1.66. The molecule has 0 atom stereocenters. The van der Waals surface area contributed by atoms with Gasteiger partial charge >= 0.3 is 6.03 Å². The summed E-state index contributed by atoms with van der Waals surface area (Å²) in [6.07, 6.45) is 0. The van der Waals surface area contributed by atoms with Crippen molar-refractivity contribution in [2.24, 2.45) is 0 Å². The average Bonchev–Trinajstić information content (AvgIpc) is 2.53. The van der Waals surface area contributed by atoms with Gasteiger partial charge in [0.05, 0.1) is 5.75 Å². The maximum Gasteiger partial charge on any atom is 0.321 e. The van der Waals surface area contributed by atoms with Crippen LogP contribution in [-0.2, 0) is 11.3 Å². The van der Waals surface area contributed by atoms with Gasteiger partial charge in [0.1, 0.15) is 0 Å². The molecule has 0 radical (unpaired) electrons. The summed E-state index contributed by atoms with van der Waals surface area (Å²) in [6.45, 7) is 0.379. The van der Waals surface area contributed by atoms with Crippen molar-refractivity contribution >= 4 is 35.3 Å². The van der Waals surface area contributed by atoms with Crippen molar-refractivity contribution in [3.8, 4) is 0 Å². The number of urea groups is 1. The minimum atomic E-state index is -0.495. The van der Waals surface area contributed by atoms with Gasteiger partial charge in [0.15, 0.2) is 0 Å². The second-order valence-corrected chi connectivity index (χ2v) is 5.94. The molecular weight excluding hydrogens is 320 g/mol. The van der Waals surface area contributed by atoms with E-state index < -0.39 is 6.03 Å². The molecule has 2 aromatic rings. The Labute approximate surface area is 138 Å². The number of rotatable bonds is 5. The summed E-state index contributed by atoms with van der Waals surface area (Å²) in [5.74, 6) is -0.175. The molecule has 0 fully saturated rings. The first kappa shape index (κ1) is 16.4. The van der Waals surface area contributed by atoms with E-state index in [0.29, 0.717) is 11.6 Å². The van der Waals surface area contributed by atoms with Gasteiger partial charge in [0, 0.05) is 16.5 Å². The number of imide groups is 1. The van der Waals surface area contributed by atoms with Gasteiger partial charge in [-0.3, -0.25) is 10.1 Å². The highest BCUT2D eigenvalue weighted by atomic mass is 35.5. The van der Waals surface area contributed by atoms with Gasteiger partial charge in [-0.25, -0.2) is 4.79 Å². The van der Waals surface area contributed by atoms with Crippen LogP contribution in [0.25, 0.3) is 0 Å². The van der Waals surface area contributed by atoms with E-state index >= 15 is 0 Å². The number of nitrogens with one attached hydrogen (secondary N) is 2. The molecule has 0 spiro atoms. The van der Waals surface area contributed by atoms with E-state index in [-0.39, 0.29) is 11.7 Å². The van der Waals surface area contributed by atoms with Gasteiger partial charge < -0.3 is 5.32 Å². The van der Waals surface area contributed by atoms with Crippen LogP contribution in [0.4, 0.5) is 4.79 Å². The lowest BCUT2D eigenvalue weighted by atomic mass is 10.2. The predicted molar refractivity (Wildman–Crippen MR) is 89.0 cm³/mol. The molecule has 0 aliphatic heterocycles. The van der Waals surface area contributed by atoms with Crippen molar-refractivity contribution in [3.63, 3.8) is 0 Å². The van der Waals surface area contributed by atoms with E-state index in [9.17, 15) is 9.59 Å². The highest BCUT2D eigenvalue weighted by Crippen LogP contribution is 2.19. The van der Waals surface area contributed by atoms with Crippen molar-refractivity contribution in [2.75, 3.05) is 5.75 Å². The van der Waals surface area contributed by atoms with Gasteiger partial charge in [0.25, 0.3) is 0 Å². The average molecular weight is 335 g/mol. The Bertz CT molecular complexity index is 632. The monoisotopic (exact) mass is 334 g/mol. The maximum absolute atomic E-state index is 11.7. The summed E-state index contributed by atoms with van der Waals surface area (Å²) in [5.41, 5.74) is 0.973. The molecule has 114 valence electrons. The fourth-order valence-corrected chi connectivity index (χ4v) is 2.49. The highest BCUT2D eigenvalue weighted by molar-refractivity contribution is 8.00. The molecule has 0 saturated heterocycles. The molecule has 2 rings (SSSR count). The minimum absolute atomic E-state index is 0.167. The van der Waals surface area contributed by atoms with Gasteiger partial charge in [0.2, 0.25) is 5.91 Å². The topological polar surface area (TPSA) is 58.2 Å². The van der Waals surface area contributed by atoms with Crippen LogP contribution in [0.5, 0.6) is 0 Å². The molecule has 0 unspecified atom stereocenters. The lowest BCUT2D eigenvalue weighted by Crippen LogP contribution is -2.39. The number of halogens is 1. The number of hydrogen-bond donors (Lipinski definition) is 2. The van der Waals surface area contributed by atoms with E-state index in [1.54, 1.807) is 12.1 Å². The van der Waals surface area contributed by atoms with Crippen molar-refractivity contribution < 1.29 is 9.59 Å². The molecule has 0 aromatic heterocycles. The number of amides is 3. The van der Waals surface area contributed by atoms with Crippen LogP contribution in [0.2, 0.25) is 5.02 Å². The Morgan fingerprint density at radius 3 is 2.36 bits per heavy atom. The van der Waals surface area contributed by atoms with E-state index in [1.807, 2.05) is 42.5 Å². The second kappa shape index (κ2) is 8.46. The third-order valence-electron chi connectivity index (χ3n) is 2.73. The highest BCUT2D eigenvalue weighted by Gasteiger charge is 2.08. The van der Waals surface area contributed by atoms with Crippen molar-refractivity contribution in [1.29, 1.82) is 0 Å². The summed E-state index contributed by atoms with van der Waals surface area (Å²) in [6, 6.07) is 16.2. The quantitative estimate of drug-likeness (QED) is 0.823. The standard InChI is InChI=1S/C16H15ClN2O2S/c17-13-6-8-14(9-7-13)22-11-15(20)19-16(21)18-10-12-4-2-1-3-5-12/h1-9H,10-11H2,(H2,18,19,20,21). The maximum atomic E-state index is 11.7. The minimum Gasteiger partial charge on any atom is -0.334 e. The second-order valence-electron chi connectivity index (χ2n) is 4.46. The molecule has 2 N–H and O–H groups in total. The van der Waals surface area contributed by atoms with Crippen LogP contribution in [0, 0.1) is 0 Å². The smallest absolute Gasteiger partial charge is 0.321 e. The zero-order valence-electron chi connectivity index (χ0n) is 11.7. The van der Waals surface area contributed by atoms with Crippen LogP contribution in [0.15, 0.2) is 59.5 Å². The molecular formula is C16H15ClN2O2S. The van der Waals surface area contributed by atoms with Gasteiger partial charge in [-0.2, -0.15) is 0 Å². The summed E-state index contributed by atoms with van der Waals surface area (Å²) in [7, 11) is 0. The number of carbonyl (C=O) groups excluding carboxylic acids is 2. The lowest BCUT2D eigenvalue weighted by Gasteiger charge is -2.07. The zero-order chi connectivity index (χ0) is 15.8. The molecule has 2 aromatic carbocycles. The molecule has 0 aliphatic rings. The van der Waals surface area contributed by atoms with E-state index in [4.69, 9.17) is 11.6 Å². The van der Waals surface area contributed by atoms with Crippen LogP contribution in [0.1, 0.15) is 5.56 Å². The summed E-state index contributed by atoms with van der Waals surface area (Å²) in [5, 5.41) is 5.58. The molecule has 0 heterocycles. The molecule has 0 saturated carbocycles. The number of benzene rings is 2. The van der Waals surface area contributed by atoms with Crippen LogP contribution in [0.3, 0.4) is 0 Å². The van der Waals surface area contributed by atoms with Gasteiger partial charge in [-0.15, -0.1) is 11.8 Å². The zero-order valence-corrected chi connectivity index (χ0v) is 13.3. The van der Waals surface area contributed by atoms with Crippen molar-refractivity contribution in [2.45, 2.75) is 11.4 Å². The Hall–Kier alpha value is -1.98. The SMILES string of the molecule is O=C(CSc1ccc(Cl)cc1)NC(=O)NCc1ccccc1. The fraction of sp³-hybridized carbons (Fsp3) is 0.125. The summed E-state index contributed by atoms with van der Waals surface area (Å²) >= 11 is 7.13. The molecule has 4 nitrogen and oxygen atoms in total. The molecule has 22 heavy (non-hydrogen) atoms. The summed E-state index contributed by atoms with van der Waals surface area (Å²) in [4.78, 5) is 24.2. The Morgan fingerprint density at radius 1 is 1.00 bits per heavy atom. The molecule has 6 heteroatoms. The largest absolute Gasteiger partial charge is 0.334 e. The van der Waals surface area contributed by atoms with Crippen LogP contribution >= 0.6 is 23.4 Å². The Kier molecular flexibility index (Phi) is 6.30. The van der Waals surface area contributed by atoms with Crippen molar-refractivity contribution in [3.05, 3.63) is 65.2 Å². The number of thioether (sulfide) groups is 1. The Morgan fingerprint density at radius 2 is 1.68 bits per heavy atom. The first-order valence-corrected chi connectivity index (χ1v) is 8.00. The molecule has 3 amide bonds. The third-order valence-corrected chi connectivity index (χ3v) is 4.00. The predicted octanol–water partition coefficient (Wildman–Crippen LogP) is 3.46. The number of hydrogen-bond acceptors (Lipinski definition) is 3. The van der Waals surface area contributed by atoms with E-state index in [2.05, 4.69) is 10.6 Å². The third kappa shape index (κ3) is 5.79. The summed E-state index contributed by atoms with van der Waals surface area (Å²) < 4.78 is 0. The van der Waals surface area contributed by atoms with E-state index in [0.717, 1.165) is 10.5 Å². The van der Waals surface area contributed by atoms with Gasteiger partial charge in [-0.1, -0.05) is 41.9 Å². The lowest BCUT2D eigenvalue weighted by molar-refractivity contribution is -0.117. The van der Waals surface area contributed by atoms with Gasteiger partial charge in [-0.05, 0) is 29.8 Å². The van der Waals surface area contributed by atoms with E-state index in [1.165, 1.54) is 11.8 Å². The number of carbonyl (C=O) groups is 2. The van der Waals surface area contributed by atoms with Crippen LogP contribution in [-0.4, -0.2) is 17.7 Å². The normalized spacial score (nSPS) is 10.0. The molecule has 0 aliphatic carbocycles. The first-order valence-electron chi connectivity index (χ1n) is 6.63.